The van der Waals surface area contributed by atoms with Crippen molar-refractivity contribution in [2.75, 3.05) is 6.61 Å². The van der Waals surface area contributed by atoms with Crippen molar-refractivity contribution in [3.05, 3.63) is 119 Å². The summed E-state index contributed by atoms with van der Waals surface area (Å²) in [4.78, 5) is 12.2. The van der Waals surface area contributed by atoms with E-state index in [1.807, 2.05) is 42.5 Å². The van der Waals surface area contributed by atoms with Crippen molar-refractivity contribution < 1.29 is 9.53 Å². The molecule has 3 aromatic rings. The fourth-order valence-electron chi connectivity index (χ4n) is 4.20. The lowest BCUT2D eigenvalue weighted by molar-refractivity contribution is 0.104. The monoisotopic (exact) mass is 480 g/mol. The van der Waals surface area contributed by atoms with Gasteiger partial charge < -0.3 is 4.74 Å². The highest BCUT2D eigenvalue weighted by molar-refractivity contribution is 6.06. The molecule has 0 bridgehead atoms. The number of hydrogen-bond donors (Lipinski definition) is 0. The van der Waals surface area contributed by atoms with Crippen LogP contribution in [0.4, 0.5) is 0 Å². The highest BCUT2D eigenvalue weighted by Gasteiger charge is 2.00. The van der Waals surface area contributed by atoms with E-state index in [1.165, 1.54) is 56.1 Å². The van der Waals surface area contributed by atoms with Crippen molar-refractivity contribution in [3.8, 4) is 0 Å². The fraction of sp³-hybridized carbons (Fsp3) is 0.324. The normalized spacial score (nSPS) is 11.1. The van der Waals surface area contributed by atoms with Gasteiger partial charge in [-0.1, -0.05) is 136 Å². The quantitative estimate of drug-likeness (QED) is 0.109. The molecule has 0 amide bonds. The van der Waals surface area contributed by atoms with Crippen molar-refractivity contribution >= 4 is 17.9 Å². The van der Waals surface area contributed by atoms with E-state index in [-0.39, 0.29) is 5.78 Å². The van der Waals surface area contributed by atoms with Gasteiger partial charge in [0.15, 0.2) is 5.78 Å². The molecule has 3 aromatic carbocycles. The third-order valence-corrected chi connectivity index (χ3v) is 6.45. The highest BCUT2D eigenvalue weighted by Crippen LogP contribution is 2.14. The molecule has 0 saturated carbocycles. The molecule has 0 spiro atoms. The number of ketones is 1. The first kappa shape index (κ1) is 27.4. The number of carbonyl (C=O) groups is 1. The largest absolute Gasteiger partial charge is 0.377 e. The molecule has 0 heterocycles. The number of unbranched alkanes of at least 4 members (excludes halogenated alkanes) is 7. The maximum Gasteiger partial charge on any atom is 0.185 e. The Labute approximate surface area is 217 Å². The molecule has 188 valence electrons. The van der Waals surface area contributed by atoms with Gasteiger partial charge >= 0.3 is 0 Å². The number of ether oxygens (including phenoxy) is 1. The minimum Gasteiger partial charge on any atom is -0.377 e. The number of allylic oxidation sites excluding steroid dienone is 1. The first-order valence-corrected chi connectivity index (χ1v) is 13.4. The van der Waals surface area contributed by atoms with Gasteiger partial charge in [0, 0.05) is 12.2 Å². The number of carbonyl (C=O) groups excluding carboxylic acids is 1. The van der Waals surface area contributed by atoms with Crippen LogP contribution < -0.4 is 0 Å². The van der Waals surface area contributed by atoms with E-state index in [9.17, 15) is 4.79 Å². The van der Waals surface area contributed by atoms with Crippen molar-refractivity contribution in [3.63, 3.8) is 0 Å². The first-order chi connectivity index (χ1) is 17.7. The Morgan fingerprint density at radius 1 is 0.667 bits per heavy atom. The van der Waals surface area contributed by atoms with Crippen molar-refractivity contribution in [2.24, 2.45) is 0 Å². The van der Waals surface area contributed by atoms with Gasteiger partial charge in [-0.05, 0) is 47.6 Å². The predicted octanol–water partition coefficient (Wildman–Crippen LogP) is 9.11. The Hall–Kier alpha value is -3.23. The summed E-state index contributed by atoms with van der Waals surface area (Å²) in [6, 6.07) is 26.4. The predicted molar refractivity (Wildman–Crippen MR) is 153 cm³/mol. The molecule has 2 heteroatoms. The van der Waals surface area contributed by atoms with Crippen LogP contribution in [0.25, 0.3) is 12.2 Å². The van der Waals surface area contributed by atoms with Crippen LogP contribution in [0, 0.1) is 0 Å². The summed E-state index contributed by atoms with van der Waals surface area (Å²) >= 11 is 0. The SMILES string of the molecule is C=Cc1ccc(COCCCCCCCCCCc2ccc(C=CC(=O)c3ccccc3)cc2)cc1. The molecule has 0 radical (unpaired) electrons. The molecule has 3 rings (SSSR count). The average molecular weight is 481 g/mol. The van der Waals surface area contributed by atoms with Gasteiger partial charge in [-0.3, -0.25) is 4.79 Å². The Bertz CT molecular complexity index is 1050. The second-order valence-electron chi connectivity index (χ2n) is 9.38. The minimum absolute atomic E-state index is 0.0406. The molecule has 2 nitrogen and oxygen atoms in total. The topological polar surface area (TPSA) is 26.3 Å². The van der Waals surface area contributed by atoms with Crippen molar-refractivity contribution in [1.29, 1.82) is 0 Å². The molecule has 0 aliphatic heterocycles. The molecular weight excluding hydrogens is 440 g/mol. The molecular formula is C34H40O2. The molecule has 0 aliphatic carbocycles. The van der Waals surface area contributed by atoms with Crippen molar-refractivity contribution in [2.45, 2.75) is 64.4 Å². The zero-order valence-corrected chi connectivity index (χ0v) is 21.5. The number of rotatable bonds is 17. The molecule has 0 aliphatic rings. The summed E-state index contributed by atoms with van der Waals surface area (Å²) in [5.41, 5.74) is 5.54. The van der Waals surface area contributed by atoms with Crippen LogP contribution in [0.3, 0.4) is 0 Å². The Kier molecular flexibility index (Phi) is 12.5. The lowest BCUT2D eigenvalue weighted by atomic mass is 10.0. The molecule has 0 aromatic heterocycles. The van der Waals surface area contributed by atoms with E-state index in [2.05, 4.69) is 55.1 Å². The maximum atomic E-state index is 12.2. The standard InChI is InChI=1S/C34H40O2/c1-2-29-17-23-32(24-18-29)28-36-27-13-8-6-4-3-5-7-10-14-30-19-21-31(22-20-30)25-26-34(35)33-15-11-9-12-16-33/h2,9,11-12,15-26H,1,3-8,10,13-14,27-28H2. The maximum absolute atomic E-state index is 12.2. The smallest absolute Gasteiger partial charge is 0.185 e. The summed E-state index contributed by atoms with van der Waals surface area (Å²) in [6.45, 7) is 5.33. The van der Waals surface area contributed by atoms with Gasteiger partial charge in [0.2, 0.25) is 0 Å². The molecule has 0 saturated heterocycles. The molecule has 0 fully saturated rings. The van der Waals surface area contributed by atoms with Crippen LogP contribution >= 0.6 is 0 Å². The summed E-state index contributed by atoms with van der Waals surface area (Å²) in [5, 5.41) is 0. The zero-order valence-electron chi connectivity index (χ0n) is 21.5. The lowest BCUT2D eigenvalue weighted by Crippen LogP contribution is -1.95. The van der Waals surface area contributed by atoms with Gasteiger partial charge in [0.1, 0.15) is 0 Å². The summed E-state index contributed by atoms with van der Waals surface area (Å²) in [7, 11) is 0. The van der Waals surface area contributed by atoms with Crippen LogP contribution in [-0.4, -0.2) is 12.4 Å². The zero-order chi connectivity index (χ0) is 25.3. The third kappa shape index (κ3) is 10.6. The van der Waals surface area contributed by atoms with E-state index >= 15 is 0 Å². The minimum atomic E-state index is 0.0406. The van der Waals surface area contributed by atoms with E-state index in [4.69, 9.17) is 4.74 Å². The Morgan fingerprint density at radius 2 is 1.25 bits per heavy atom. The molecule has 36 heavy (non-hydrogen) atoms. The Balaban J connectivity index is 1.16. The van der Waals surface area contributed by atoms with Gasteiger partial charge in [0.05, 0.1) is 6.61 Å². The van der Waals surface area contributed by atoms with E-state index in [1.54, 1.807) is 6.08 Å². The van der Waals surface area contributed by atoms with Gasteiger partial charge in [-0.25, -0.2) is 0 Å². The number of aryl methyl sites for hydroxylation is 1. The van der Waals surface area contributed by atoms with Crippen LogP contribution in [0.1, 0.15) is 84.0 Å². The molecule has 0 N–H and O–H groups in total. The first-order valence-electron chi connectivity index (χ1n) is 13.4. The second-order valence-corrected chi connectivity index (χ2v) is 9.38. The Morgan fingerprint density at radius 3 is 1.92 bits per heavy atom. The van der Waals surface area contributed by atoms with E-state index in [0.29, 0.717) is 6.61 Å². The van der Waals surface area contributed by atoms with Gasteiger partial charge in [0.25, 0.3) is 0 Å². The summed E-state index contributed by atoms with van der Waals surface area (Å²) in [5.74, 6) is 0.0406. The average Bonchev–Trinajstić information content (AvgIpc) is 2.93. The lowest BCUT2D eigenvalue weighted by Gasteiger charge is -2.06. The third-order valence-electron chi connectivity index (χ3n) is 6.45. The fourth-order valence-corrected chi connectivity index (χ4v) is 4.20. The van der Waals surface area contributed by atoms with Crippen LogP contribution in [0.15, 0.2) is 91.5 Å². The van der Waals surface area contributed by atoms with E-state index in [0.717, 1.165) is 36.1 Å². The van der Waals surface area contributed by atoms with Crippen LogP contribution in [0.2, 0.25) is 0 Å². The van der Waals surface area contributed by atoms with Gasteiger partial charge in [-0.2, -0.15) is 0 Å². The van der Waals surface area contributed by atoms with Gasteiger partial charge in [-0.15, -0.1) is 0 Å². The van der Waals surface area contributed by atoms with Crippen molar-refractivity contribution in [1.82, 2.24) is 0 Å². The van der Waals surface area contributed by atoms with Crippen LogP contribution in [-0.2, 0) is 17.8 Å². The molecule has 0 atom stereocenters. The molecule has 0 unspecified atom stereocenters. The summed E-state index contributed by atoms with van der Waals surface area (Å²) in [6.07, 6.45) is 16.8. The summed E-state index contributed by atoms with van der Waals surface area (Å²) < 4.78 is 5.80. The number of hydrogen-bond acceptors (Lipinski definition) is 2. The van der Waals surface area contributed by atoms with Crippen LogP contribution in [0.5, 0.6) is 0 Å². The second kappa shape index (κ2) is 16.4. The van der Waals surface area contributed by atoms with E-state index < -0.39 is 0 Å². The highest BCUT2D eigenvalue weighted by atomic mass is 16.5. The number of benzene rings is 3.